The van der Waals surface area contributed by atoms with E-state index in [1.54, 1.807) is 0 Å². The molecule has 1 fully saturated rings. The second-order valence-corrected chi connectivity index (χ2v) is 8.93. The number of aryl methyl sites for hydroxylation is 3. The summed E-state index contributed by atoms with van der Waals surface area (Å²) < 4.78 is 8.52. The lowest BCUT2D eigenvalue weighted by Gasteiger charge is -2.19. The Balaban J connectivity index is 1.36. The molecule has 0 N–H and O–H groups in total. The first-order chi connectivity index (χ1) is 15.2. The van der Waals surface area contributed by atoms with Gasteiger partial charge in [0.25, 0.3) is 0 Å². The Morgan fingerprint density at radius 2 is 1.68 bits per heavy atom. The Labute approximate surface area is 187 Å². The van der Waals surface area contributed by atoms with Gasteiger partial charge in [0.2, 0.25) is 0 Å². The zero-order valence-electron chi connectivity index (χ0n) is 19.3. The fourth-order valence-corrected chi connectivity index (χ4v) is 4.67. The zero-order valence-corrected chi connectivity index (χ0v) is 19.3. The summed E-state index contributed by atoms with van der Waals surface area (Å²) in [6.07, 6.45) is 8.73. The number of benzene rings is 2. The lowest BCUT2D eigenvalue weighted by atomic mass is 10.1. The summed E-state index contributed by atoms with van der Waals surface area (Å²) in [5.41, 5.74) is 4.89. The Morgan fingerprint density at radius 1 is 0.871 bits per heavy atom. The van der Waals surface area contributed by atoms with Crippen LogP contribution in [0.3, 0.4) is 0 Å². The number of hydrogen-bond donors (Lipinski definition) is 0. The van der Waals surface area contributed by atoms with Crippen LogP contribution in [0, 0.1) is 13.8 Å². The smallest absolute Gasteiger partial charge is 0.122 e. The standard InChI is InChI=1S/C27H37N3O/c1-22-12-9-15-26(23(22)2)31-21-11-20-30-25-14-6-5-13-24(25)28-27(30)16-10-19-29-17-7-3-4-8-18-29/h5-6,9,12-15H,3-4,7-8,10-11,16-21H2,1-2H3. The monoisotopic (exact) mass is 419 g/mol. The molecule has 2 aromatic carbocycles. The van der Waals surface area contributed by atoms with Crippen molar-refractivity contribution in [2.75, 3.05) is 26.2 Å². The fourth-order valence-electron chi connectivity index (χ4n) is 4.67. The van der Waals surface area contributed by atoms with Gasteiger partial charge in [0.1, 0.15) is 11.6 Å². The number of nitrogens with zero attached hydrogens (tertiary/aromatic N) is 3. The summed E-state index contributed by atoms with van der Waals surface area (Å²) in [6, 6.07) is 14.8. The molecule has 4 heteroatoms. The molecule has 4 rings (SSSR count). The van der Waals surface area contributed by atoms with Crippen LogP contribution in [0.1, 0.15) is 55.5 Å². The summed E-state index contributed by atoms with van der Waals surface area (Å²) in [5, 5.41) is 0. The molecule has 0 radical (unpaired) electrons. The molecule has 0 atom stereocenters. The van der Waals surface area contributed by atoms with Crippen molar-refractivity contribution < 1.29 is 4.74 Å². The summed E-state index contributed by atoms with van der Waals surface area (Å²) in [4.78, 5) is 7.63. The lowest BCUT2D eigenvalue weighted by molar-refractivity contribution is 0.280. The van der Waals surface area contributed by atoms with Crippen LogP contribution in [0.15, 0.2) is 42.5 Å². The molecule has 1 aliphatic heterocycles. The minimum atomic E-state index is 0.726. The largest absolute Gasteiger partial charge is 0.493 e. The molecule has 166 valence electrons. The van der Waals surface area contributed by atoms with Gasteiger partial charge in [-0.3, -0.25) is 0 Å². The molecule has 1 saturated heterocycles. The molecule has 0 unspecified atom stereocenters. The summed E-state index contributed by atoms with van der Waals surface area (Å²) in [5.74, 6) is 2.23. The number of hydrogen-bond acceptors (Lipinski definition) is 3. The van der Waals surface area contributed by atoms with Crippen LogP contribution >= 0.6 is 0 Å². The van der Waals surface area contributed by atoms with Crippen LogP contribution in [-0.4, -0.2) is 40.7 Å². The molecule has 0 aliphatic carbocycles. The Hall–Kier alpha value is -2.33. The van der Waals surface area contributed by atoms with Crippen LogP contribution in [0.25, 0.3) is 11.0 Å². The third kappa shape index (κ3) is 5.68. The third-order valence-electron chi connectivity index (χ3n) is 6.65. The van der Waals surface area contributed by atoms with Crippen LogP contribution < -0.4 is 4.74 Å². The average Bonchev–Trinajstić information content (AvgIpc) is 2.93. The van der Waals surface area contributed by atoms with Crippen molar-refractivity contribution in [1.29, 1.82) is 0 Å². The predicted octanol–water partition coefficient (Wildman–Crippen LogP) is 5.93. The van der Waals surface area contributed by atoms with E-state index in [0.717, 1.165) is 37.3 Å². The highest BCUT2D eigenvalue weighted by molar-refractivity contribution is 5.75. The number of aromatic nitrogens is 2. The maximum absolute atomic E-state index is 6.10. The fraction of sp³-hybridized carbons (Fsp3) is 0.519. The number of rotatable bonds is 9. The molecular formula is C27H37N3O. The van der Waals surface area contributed by atoms with Crippen LogP contribution in [-0.2, 0) is 13.0 Å². The number of imidazole rings is 1. The van der Waals surface area contributed by atoms with Crippen molar-refractivity contribution in [1.82, 2.24) is 14.5 Å². The maximum atomic E-state index is 6.10. The second kappa shape index (κ2) is 10.8. The van der Waals surface area contributed by atoms with Crippen LogP contribution in [0.4, 0.5) is 0 Å². The summed E-state index contributed by atoms with van der Waals surface area (Å²) in [7, 11) is 0. The van der Waals surface area contributed by atoms with Crippen molar-refractivity contribution in [2.24, 2.45) is 0 Å². The highest BCUT2D eigenvalue weighted by atomic mass is 16.5. The van der Waals surface area contributed by atoms with Gasteiger partial charge in [-0.15, -0.1) is 0 Å². The minimum absolute atomic E-state index is 0.726. The lowest BCUT2D eigenvalue weighted by Crippen LogP contribution is -2.26. The number of ether oxygens (including phenoxy) is 1. The molecule has 2 heterocycles. The van der Waals surface area contributed by atoms with E-state index in [1.165, 1.54) is 74.2 Å². The zero-order chi connectivity index (χ0) is 21.5. The van der Waals surface area contributed by atoms with Gasteiger partial charge in [-0.2, -0.15) is 0 Å². The van der Waals surface area contributed by atoms with Crippen LogP contribution in [0.5, 0.6) is 5.75 Å². The highest BCUT2D eigenvalue weighted by Gasteiger charge is 2.13. The summed E-state index contributed by atoms with van der Waals surface area (Å²) >= 11 is 0. The first-order valence-electron chi connectivity index (χ1n) is 12.1. The highest BCUT2D eigenvalue weighted by Crippen LogP contribution is 2.22. The topological polar surface area (TPSA) is 30.3 Å². The number of likely N-dealkylation sites (tertiary alicyclic amines) is 1. The van der Waals surface area contributed by atoms with Gasteiger partial charge in [0.15, 0.2) is 0 Å². The maximum Gasteiger partial charge on any atom is 0.122 e. The van der Waals surface area contributed by atoms with Crippen molar-refractivity contribution in [3.05, 3.63) is 59.4 Å². The Morgan fingerprint density at radius 3 is 2.52 bits per heavy atom. The predicted molar refractivity (Wildman–Crippen MR) is 129 cm³/mol. The molecule has 0 bridgehead atoms. The van der Waals surface area contributed by atoms with Gasteiger partial charge in [-0.1, -0.05) is 37.1 Å². The third-order valence-corrected chi connectivity index (χ3v) is 6.65. The number of fused-ring (bicyclic) bond motifs is 1. The molecule has 0 amide bonds. The second-order valence-electron chi connectivity index (χ2n) is 8.93. The molecule has 0 saturated carbocycles. The van der Waals surface area contributed by atoms with Gasteiger partial charge >= 0.3 is 0 Å². The van der Waals surface area contributed by atoms with Gasteiger partial charge < -0.3 is 14.2 Å². The Bertz CT molecular complexity index is 970. The first kappa shape index (κ1) is 21.9. The van der Waals surface area contributed by atoms with Crippen molar-refractivity contribution in [3.8, 4) is 5.75 Å². The van der Waals surface area contributed by atoms with Crippen molar-refractivity contribution >= 4 is 11.0 Å². The molecule has 3 aromatic rings. The van der Waals surface area contributed by atoms with Gasteiger partial charge in [0, 0.05) is 13.0 Å². The van der Waals surface area contributed by atoms with Crippen molar-refractivity contribution in [2.45, 2.75) is 65.3 Å². The molecule has 31 heavy (non-hydrogen) atoms. The van der Waals surface area contributed by atoms with Crippen molar-refractivity contribution in [3.63, 3.8) is 0 Å². The van der Waals surface area contributed by atoms with Gasteiger partial charge in [-0.05, 0) is 88.5 Å². The van der Waals surface area contributed by atoms with E-state index in [4.69, 9.17) is 9.72 Å². The Kier molecular flexibility index (Phi) is 7.63. The van der Waals surface area contributed by atoms with Gasteiger partial charge in [-0.25, -0.2) is 4.98 Å². The minimum Gasteiger partial charge on any atom is -0.493 e. The van der Waals surface area contributed by atoms with Crippen LogP contribution in [0.2, 0.25) is 0 Å². The first-order valence-corrected chi connectivity index (χ1v) is 12.1. The number of para-hydroxylation sites is 2. The molecule has 1 aliphatic rings. The van der Waals surface area contributed by atoms with E-state index in [2.05, 4.69) is 65.8 Å². The average molecular weight is 420 g/mol. The molecular weight excluding hydrogens is 382 g/mol. The van der Waals surface area contributed by atoms with E-state index in [0.29, 0.717) is 0 Å². The molecule has 1 aromatic heterocycles. The van der Waals surface area contributed by atoms with E-state index < -0.39 is 0 Å². The van der Waals surface area contributed by atoms with E-state index in [-0.39, 0.29) is 0 Å². The molecule has 4 nitrogen and oxygen atoms in total. The summed E-state index contributed by atoms with van der Waals surface area (Å²) in [6.45, 7) is 9.68. The van der Waals surface area contributed by atoms with E-state index in [1.807, 2.05) is 0 Å². The molecule has 0 spiro atoms. The SMILES string of the molecule is Cc1cccc(OCCCn2c(CCCN3CCCCCC3)nc3ccccc32)c1C. The quantitative estimate of drug-likeness (QED) is 0.403. The van der Waals surface area contributed by atoms with E-state index in [9.17, 15) is 0 Å². The van der Waals surface area contributed by atoms with Gasteiger partial charge in [0.05, 0.1) is 17.6 Å². The van der Waals surface area contributed by atoms with E-state index >= 15 is 0 Å². The normalized spacial score (nSPS) is 15.3.